The van der Waals surface area contributed by atoms with Crippen LogP contribution < -0.4 is 0 Å². The largest absolute Gasteiger partial charge is 0.383 e. The molecular formula is C18H21N3O2S2. The maximum Gasteiger partial charge on any atom is 0.233 e. The van der Waals surface area contributed by atoms with Gasteiger partial charge in [-0.3, -0.25) is 4.79 Å². The van der Waals surface area contributed by atoms with Crippen LogP contribution in [0.4, 0.5) is 0 Å². The number of hydrogen-bond acceptors (Lipinski definition) is 5. The summed E-state index contributed by atoms with van der Waals surface area (Å²) in [6.07, 6.45) is 0. The molecule has 3 rings (SSSR count). The summed E-state index contributed by atoms with van der Waals surface area (Å²) in [5.74, 6) is 0.474. The first-order valence-corrected chi connectivity index (χ1v) is 9.89. The van der Waals surface area contributed by atoms with Gasteiger partial charge in [-0.2, -0.15) is 0 Å². The Morgan fingerprint density at radius 2 is 2.16 bits per heavy atom. The molecule has 0 N–H and O–H groups in total. The van der Waals surface area contributed by atoms with Crippen molar-refractivity contribution >= 4 is 40.0 Å². The van der Waals surface area contributed by atoms with E-state index in [9.17, 15) is 4.79 Å². The number of aromatic nitrogens is 2. The number of amides is 1. The SMILES string of the molecule is COCCn1c(SCC(=O)N(C)Cc2cccs2)nc2ccccc21. The molecule has 2 heterocycles. The van der Waals surface area contributed by atoms with Crippen LogP contribution in [-0.2, 0) is 22.6 Å². The topological polar surface area (TPSA) is 47.4 Å². The number of rotatable bonds is 8. The zero-order chi connectivity index (χ0) is 17.6. The Labute approximate surface area is 155 Å². The number of carbonyl (C=O) groups is 1. The molecule has 0 bridgehead atoms. The van der Waals surface area contributed by atoms with E-state index in [0.29, 0.717) is 18.9 Å². The first kappa shape index (κ1) is 18.0. The smallest absolute Gasteiger partial charge is 0.233 e. The molecule has 3 aromatic rings. The van der Waals surface area contributed by atoms with E-state index < -0.39 is 0 Å². The molecule has 7 heteroatoms. The minimum atomic E-state index is 0.101. The molecule has 0 fully saturated rings. The first-order chi connectivity index (χ1) is 12.2. The molecule has 0 aliphatic rings. The van der Waals surface area contributed by atoms with Crippen molar-refractivity contribution in [3.63, 3.8) is 0 Å². The minimum absolute atomic E-state index is 0.101. The molecule has 0 saturated heterocycles. The molecule has 0 aliphatic heterocycles. The molecule has 0 aliphatic carbocycles. The number of ether oxygens (including phenoxy) is 1. The van der Waals surface area contributed by atoms with E-state index in [-0.39, 0.29) is 5.91 Å². The summed E-state index contributed by atoms with van der Waals surface area (Å²) in [6, 6.07) is 12.1. The zero-order valence-electron chi connectivity index (χ0n) is 14.3. The molecule has 2 aromatic heterocycles. The summed E-state index contributed by atoms with van der Waals surface area (Å²) >= 11 is 3.15. The van der Waals surface area contributed by atoms with Crippen molar-refractivity contribution in [2.24, 2.45) is 0 Å². The number of hydrogen-bond donors (Lipinski definition) is 0. The Bertz CT molecular complexity index is 830. The highest BCUT2D eigenvalue weighted by Crippen LogP contribution is 2.24. The maximum absolute atomic E-state index is 12.4. The fourth-order valence-electron chi connectivity index (χ4n) is 2.52. The Kier molecular flexibility index (Phi) is 6.12. The van der Waals surface area contributed by atoms with Gasteiger partial charge in [0.25, 0.3) is 0 Å². The molecular weight excluding hydrogens is 354 g/mol. The second-order valence-electron chi connectivity index (χ2n) is 5.65. The first-order valence-electron chi connectivity index (χ1n) is 8.02. The summed E-state index contributed by atoms with van der Waals surface area (Å²) in [4.78, 5) is 20.1. The molecule has 0 radical (unpaired) electrons. The number of thioether (sulfide) groups is 1. The second-order valence-corrected chi connectivity index (χ2v) is 7.62. The van der Waals surface area contributed by atoms with E-state index in [1.165, 1.54) is 16.6 Å². The van der Waals surface area contributed by atoms with Crippen LogP contribution in [0.3, 0.4) is 0 Å². The lowest BCUT2D eigenvalue weighted by Gasteiger charge is -2.16. The third-order valence-corrected chi connectivity index (χ3v) is 5.68. The van der Waals surface area contributed by atoms with Crippen molar-refractivity contribution in [3.8, 4) is 0 Å². The summed E-state index contributed by atoms with van der Waals surface area (Å²) in [5.41, 5.74) is 2.02. The van der Waals surface area contributed by atoms with Crippen molar-refractivity contribution in [2.45, 2.75) is 18.2 Å². The monoisotopic (exact) mass is 375 g/mol. The molecule has 1 aromatic carbocycles. The van der Waals surface area contributed by atoms with Crippen molar-refractivity contribution in [1.29, 1.82) is 0 Å². The van der Waals surface area contributed by atoms with Gasteiger partial charge in [0.2, 0.25) is 5.91 Å². The maximum atomic E-state index is 12.4. The lowest BCUT2D eigenvalue weighted by molar-refractivity contribution is -0.127. The highest BCUT2D eigenvalue weighted by molar-refractivity contribution is 7.99. The number of nitrogens with zero attached hydrogens (tertiary/aromatic N) is 3. The number of imidazole rings is 1. The van der Waals surface area contributed by atoms with Gasteiger partial charge in [0, 0.05) is 25.6 Å². The van der Waals surface area contributed by atoms with E-state index in [1.54, 1.807) is 23.3 Å². The fourth-order valence-corrected chi connectivity index (χ4v) is 4.26. The number of fused-ring (bicyclic) bond motifs is 1. The van der Waals surface area contributed by atoms with E-state index in [1.807, 2.05) is 48.8 Å². The molecule has 0 atom stereocenters. The zero-order valence-corrected chi connectivity index (χ0v) is 16.0. The summed E-state index contributed by atoms with van der Waals surface area (Å²) in [5, 5.41) is 2.89. The average molecular weight is 376 g/mol. The van der Waals surface area contributed by atoms with Gasteiger partial charge in [-0.1, -0.05) is 30.0 Å². The van der Waals surface area contributed by atoms with Crippen LogP contribution in [0.1, 0.15) is 4.88 Å². The van der Waals surface area contributed by atoms with Gasteiger partial charge >= 0.3 is 0 Å². The lowest BCUT2D eigenvalue weighted by atomic mass is 10.3. The summed E-state index contributed by atoms with van der Waals surface area (Å²) in [6.45, 7) is 1.98. The second kappa shape index (κ2) is 8.51. The summed E-state index contributed by atoms with van der Waals surface area (Å²) in [7, 11) is 3.53. The van der Waals surface area contributed by atoms with Gasteiger partial charge < -0.3 is 14.2 Å². The summed E-state index contributed by atoms with van der Waals surface area (Å²) < 4.78 is 7.33. The standard InChI is InChI=1S/C18H21N3O2S2/c1-20(12-14-6-5-11-24-14)17(22)13-25-18-19-15-7-3-4-8-16(15)21(18)9-10-23-2/h3-8,11H,9-10,12-13H2,1-2H3. The Morgan fingerprint density at radius 1 is 1.32 bits per heavy atom. The molecule has 5 nitrogen and oxygen atoms in total. The van der Waals surface area contributed by atoms with Crippen LogP contribution in [0.5, 0.6) is 0 Å². The Balaban J connectivity index is 1.68. The Hall–Kier alpha value is -1.83. The van der Waals surface area contributed by atoms with Crippen molar-refractivity contribution in [3.05, 3.63) is 46.7 Å². The van der Waals surface area contributed by atoms with Crippen LogP contribution in [-0.4, -0.2) is 46.9 Å². The molecule has 25 heavy (non-hydrogen) atoms. The van der Waals surface area contributed by atoms with Gasteiger partial charge in [-0.15, -0.1) is 11.3 Å². The number of thiophene rings is 1. The van der Waals surface area contributed by atoms with Crippen LogP contribution in [0, 0.1) is 0 Å². The van der Waals surface area contributed by atoms with Crippen LogP contribution in [0.15, 0.2) is 46.9 Å². The van der Waals surface area contributed by atoms with Crippen molar-refractivity contribution < 1.29 is 9.53 Å². The van der Waals surface area contributed by atoms with Crippen LogP contribution in [0.25, 0.3) is 11.0 Å². The highest BCUT2D eigenvalue weighted by Gasteiger charge is 2.15. The fraction of sp³-hybridized carbons (Fsp3) is 0.333. The normalized spacial score (nSPS) is 11.1. The van der Waals surface area contributed by atoms with Crippen molar-refractivity contribution in [1.82, 2.24) is 14.5 Å². The van der Waals surface area contributed by atoms with E-state index in [2.05, 4.69) is 9.55 Å². The number of carbonyl (C=O) groups excluding carboxylic acids is 1. The average Bonchev–Trinajstić information content (AvgIpc) is 3.25. The highest BCUT2D eigenvalue weighted by atomic mass is 32.2. The molecule has 1 amide bonds. The Morgan fingerprint density at radius 3 is 2.92 bits per heavy atom. The number of methoxy groups -OCH3 is 1. The van der Waals surface area contributed by atoms with Gasteiger partial charge in [0.05, 0.1) is 29.9 Å². The predicted molar refractivity (Wildman–Crippen MR) is 103 cm³/mol. The van der Waals surface area contributed by atoms with Gasteiger partial charge in [-0.25, -0.2) is 4.98 Å². The number of benzene rings is 1. The van der Waals surface area contributed by atoms with Crippen LogP contribution >= 0.6 is 23.1 Å². The van der Waals surface area contributed by atoms with Crippen LogP contribution in [0.2, 0.25) is 0 Å². The van der Waals surface area contributed by atoms with Gasteiger partial charge in [0.1, 0.15) is 0 Å². The third-order valence-electron chi connectivity index (χ3n) is 3.86. The molecule has 0 spiro atoms. The quantitative estimate of drug-likeness (QED) is 0.566. The van der Waals surface area contributed by atoms with Gasteiger partial charge in [0.15, 0.2) is 5.16 Å². The predicted octanol–water partition coefficient (Wildman–Crippen LogP) is 3.49. The van der Waals surface area contributed by atoms with E-state index in [0.717, 1.165) is 22.7 Å². The number of para-hydroxylation sites is 2. The lowest BCUT2D eigenvalue weighted by Crippen LogP contribution is -2.27. The third kappa shape index (κ3) is 4.42. The van der Waals surface area contributed by atoms with E-state index in [4.69, 9.17) is 4.74 Å². The van der Waals surface area contributed by atoms with Gasteiger partial charge in [-0.05, 0) is 23.6 Å². The minimum Gasteiger partial charge on any atom is -0.383 e. The molecule has 0 saturated carbocycles. The molecule has 132 valence electrons. The van der Waals surface area contributed by atoms with Crippen molar-refractivity contribution in [2.75, 3.05) is 26.5 Å². The van der Waals surface area contributed by atoms with E-state index >= 15 is 0 Å². The molecule has 0 unspecified atom stereocenters.